The molecule has 1 aromatic heterocycles. The molecular weight excluding hydrogens is 255 g/mol. The van der Waals surface area contributed by atoms with Crippen LogP contribution in [-0.4, -0.2) is 35.4 Å². The van der Waals surface area contributed by atoms with Crippen LogP contribution < -0.4 is 4.90 Å². The average Bonchev–Trinajstić information content (AvgIpc) is 2.28. The van der Waals surface area contributed by atoms with Crippen LogP contribution in [0.3, 0.4) is 0 Å². The molecule has 0 atom stereocenters. The highest BCUT2D eigenvalue weighted by molar-refractivity contribution is 6.18. The van der Waals surface area contributed by atoms with Gasteiger partial charge in [-0.25, -0.2) is 23.1 Å². The number of nitrogens with zero attached hydrogens (tertiary/aromatic N) is 3. The first-order valence-corrected chi connectivity index (χ1v) is 5.72. The molecular formula is C10H13ClF3N3. The Kier molecular flexibility index (Phi) is 5.47. The van der Waals surface area contributed by atoms with Crippen LogP contribution in [0.15, 0.2) is 6.33 Å². The second kappa shape index (κ2) is 6.64. The lowest BCUT2D eigenvalue weighted by Crippen LogP contribution is -2.32. The Bertz CT molecular complexity index is 363. The Morgan fingerprint density at radius 1 is 1.41 bits per heavy atom. The van der Waals surface area contributed by atoms with E-state index in [9.17, 15) is 13.2 Å². The maximum atomic E-state index is 13.8. The van der Waals surface area contributed by atoms with Crippen LogP contribution in [0.2, 0.25) is 0 Å². The molecule has 3 nitrogen and oxygen atoms in total. The molecule has 96 valence electrons. The fourth-order valence-electron chi connectivity index (χ4n) is 1.41. The van der Waals surface area contributed by atoms with Gasteiger partial charge in [0.2, 0.25) is 0 Å². The highest BCUT2D eigenvalue weighted by Gasteiger charge is 2.19. The number of hydrogen-bond acceptors (Lipinski definition) is 3. The lowest BCUT2D eigenvalue weighted by atomic mass is 10.3. The first kappa shape index (κ1) is 14.0. The molecule has 0 N–H and O–H groups in total. The van der Waals surface area contributed by atoms with Gasteiger partial charge in [0.05, 0.1) is 12.2 Å². The second-order valence-electron chi connectivity index (χ2n) is 3.34. The number of aryl methyl sites for hydroxylation is 1. The summed E-state index contributed by atoms with van der Waals surface area (Å²) in [7, 11) is 0. The van der Waals surface area contributed by atoms with E-state index >= 15 is 0 Å². The van der Waals surface area contributed by atoms with Gasteiger partial charge >= 0.3 is 0 Å². The topological polar surface area (TPSA) is 29.0 Å². The summed E-state index contributed by atoms with van der Waals surface area (Å²) < 4.78 is 38.6. The Morgan fingerprint density at radius 3 is 2.65 bits per heavy atom. The number of hydrogen-bond donors (Lipinski definition) is 0. The molecule has 0 saturated heterocycles. The Hall–Kier alpha value is -1.04. The van der Waals surface area contributed by atoms with Gasteiger partial charge in [-0.3, -0.25) is 0 Å². The smallest absolute Gasteiger partial charge is 0.255 e. The Morgan fingerprint density at radius 2 is 2.12 bits per heavy atom. The van der Waals surface area contributed by atoms with E-state index in [0.717, 1.165) is 4.90 Å². The van der Waals surface area contributed by atoms with Gasteiger partial charge in [0, 0.05) is 12.4 Å². The normalized spacial score (nSPS) is 10.9. The molecule has 0 unspecified atom stereocenters. The third kappa shape index (κ3) is 3.73. The second-order valence-corrected chi connectivity index (χ2v) is 3.72. The maximum Gasteiger partial charge on any atom is 0.255 e. The van der Waals surface area contributed by atoms with E-state index in [2.05, 4.69) is 9.97 Å². The van der Waals surface area contributed by atoms with E-state index in [-0.39, 0.29) is 23.9 Å². The van der Waals surface area contributed by atoms with Gasteiger partial charge in [0.25, 0.3) is 6.43 Å². The Balaban J connectivity index is 3.00. The van der Waals surface area contributed by atoms with Crippen LogP contribution in [0.5, 0.6) is 0 Å². The largest absolute Gasteiger partial charge is 0.347 e. The van der Waals surface area contributed by atoms with Crippen molar-refractivity contribution in [1.82, 2.24) is 9.97 Å². The van der Waals surface area contributed by atoms with Crippen molar-refractivity contribution in [1.29, 1.82) is 0 Å². The summed E-state index contributed by atoms with van der Waals surface area (Å²) >= 11 is 5.50. The van der Waals surface area contributed by atoms with Gasteiger partial charge in [0.1, 0.15) is 6.33 Å². The zero-order valence-electron chi connectivity index (χ0n) is 9.34. The number of anilines is 1. The predicted octanol–water partition coefficient (Wildman–Crippen LogP) is 2.49. The third-order valence-corrected chi connectivity index (χ3v) is 2.36. The van der Waals surface area contributed by atoms with E-state index in [1.165, 1.54) is 6.33 Å². The van der Waals surface area contributed by atoms with Crippen molar-refractivity contribution in [2.45, 2.75) is 19.8 Å². The van der Waals surface area contributed by atoms with E-state index in [0.29, 0.717) is 6.42 Å². The molecule has 0 radical (unpaired) electrons. The van der Waals surface area contributed by atoms with Crippen molar-refractivity contribution in [3.8, 4) is 0 Å². The average molecular weight is 268 g/mol. The lowest BCUT2D eigenvalue weighted by Gasteiger charge is -2.22. The van der Waals surface area contributed by atoms with Gasteiger partial charge < -0.3 is 4.90 Å². The van der Waals surface area contributed by atoms with E-state index < -0.39 is 18.8 Å². The van der Waals surface area contributed by atoms with Crippen LogP contribution in [0.4, 0.5) is 19.0 Å². The molecule has 0 aliphatic rings. The molecule has 0 fully saturated rings. The molecule has 0 amide bonds. The standard InChI is InChI=1S/C10H13ClF3N3/c1-2-7-9(14)10(16-6-15-7)17(4-3-11)5-8(12)13/h6,8H,2-5H2,1H3. The van der Waals surface area contributed by atoms with Gasteiger partial charge in [0.15, 0.2) is 11.6 Å². The van der Waals surface area contributed by atoms with Gasteiger partial charge in [-0.15, -0.1) is 11.6 Å². The molecule has 1 aromatic rings. The van der Waals surface area contributed by atoms with Crippen molar-refractivity contribution in [2.75, 3.05) is 23.9 Å². The first-order valence-electron chi connectivity index (χ1n) is 5.18. The Labute approximate surface area is 103 Å². The summed E-state index contributed by atoms with van der Waals surface area (Å²) in [5.41, 5.74) is 0.212. The molecule has 0 aliphatic carbocycles. The third-order valence-electron chi connectivity index (χ3n) is 2.19. The van der Waals surface area contributed by atoms with Crippen LogP contribution in [0.25, 0.3) is 0 Å². The summed E-state index contributed by atoms with van der Waals surface area (Å²) in [6.07, 6.45) is -1.02. The van der Waals surface area contributed by atoms with Crippen molar-refractivity contribution < 1.29 is 13.2 Å². The van der Waals surface area contributed by atoms with Crippen LogP contribution >= 0.6 is 11.6 Å². The molecule has 1 rings (SSSR count). The van der Waals surface area contributed by atoms with Gasteiger partial charge in [-0.05, 0) is 6.42 Å². The number of halogens is 4. The minimum atomic E-state index is -2.57. The summed E-state index contributed by atoms with van der Waals surface area (Å²) in [6.45, 7) is 1.25. The SMILES string of the molecule is CCc1ncnc(N(CCCl)CC(F)F)c1F. The molecule has 7 heteroatoms. The van der Waals surface area contributed by atoms with Crippen molar-refractivity contribution in [3.63, 3.8) is 0 Å². The van der Waals surface area contributed by atoms with Crippen LogP contribution in [0, 0.1) is 5.82 Å². The fraction of sp³-hybridized carbons (Fsp3) is 0.600. The zero-order chi connectivity index (χ0) is 12.8. The minimum absolute atomic E-state index is 0.113. The van der Waals surface area contributed by atoms with Crippen LogP contribution in [0.1, 0.15) is 12.6 Å². The molecule has 0 bridgehead atoms. The monoisotopic (exact) mass is 267 g/mol. The highest BCUT2D eigenvalue weighted by atomic mass is 35.5. The molecule has 0 aromatic carbocycles. The molecule has 0 spiro atoms. The summed E-state index contributed by atoms with van der Waals surface area (Å²) in [5, 5.41) is 0. The van der Waals surface area contributed by atoms with E-state index in [1.807, 2.05) is 0 Å². The molecule has 0 saturated carbocycles. The van der Waals surface area contributed by atoms with Crippen LogP contribution in [-0.2, 0) is 6.42 Å². The summed E-state index contributed by atoms with van der Waals surface area (Å²) in [5.74, 6) is -0.643. The fourth-order valence-corrected chi connectivity index (χ4v) is 1.62. The van der Waals surface area contributed by atoms with Crippen molar-refractivity contribution in [3.05, 3.63) is 17.8 Å². The van der Waals surface area contributed by atoms with Crippen molar-refractivity contribution >= 4 is 17.4 Å². The summed E-state index contributed by atoms with van der Waals surface area (Å²) in [4.78, 5) is 8.59. The van der Waals surface area contributed by atoms with E-state index in [4.69, 9.17) is 11.6 Å². The number of alkyl halides is 3. The number of aromatic nitrogens is 2. The molecule has 0 aliphatic heterocycles. The van der Waals surface area contributed by atoms with E-state index in [1.54, 1.807) is 6.92 Å². The zero-order valence-corrected chi connectivity index (χ0v) is 10.1. The quantitative estimate of drug-likeness (QED) is 0.742. The first-order chi connectivity index (χ1) is 8.10. The minimum Gasteiger partial charge on any atom is -0.347 e. The highest BCUT2D eigenvalue weighted by Crippen LogP contribution is 2.19. The maximum absolute atomic E-state index is 13.8. The molecule has 17 heavy (non-hydrogen) atoms. The molecule has 1 heterocycles. The number of rotatable bonds is 6. The lowest BCUT2D eigenvalue weighted by molar-refractivity contribution is 0.154. The van der Waals surface area contributed by atoms with Crippen molar-refractivity contribution in [2.24, 2.45) is 0 Å². The summed E-state index contributed by atoms with van der Waals surface area (Å²) in [6, 6.07) is 0. The van der Waals surface area contributed by atoms with Gasteiger partial charge in [-0.1, -0.05) is 6.92 Å². The predicted molar refractivity (Wildman–Crippen MR) is 60.3 cm³/mol. The van der Waals surface area contributed by atoms with Gasteiger partial charge in [-0.2, -0.15) is 0 Å².